The molecule has 0 saturated carbocycles. The molecular formula is C27H19F3N6O. The van der Waals surface area contributed by atoms with Crippen molar-refractivity contribution in [1.82, 2.24) is 19.6 Å². The summed E-state index contributed by atoms with van der Waals surface area (Å²) in [5.41, 5.74) is 2.38. The van der Waals surface area contributed by atoms with Crippen LogP contribution in [0, 0.1) is 17.5 Å². The molecule has 3 aromatic heterocycles. The Kier molecular flexibility index (Phi) is 5.56. The average Bonchev–Trinajstić information content (AvgIpc) is 3.30. The summed E-state index contributed by atoms with van der Waals surface area (Å²) in [6.07, 6.45) is 4.30. The van der Waals surface area contributed by atoms with Gasteiger partial charge in [-0.1, -0.05) is 6.07 Å². The van der Waals surface area contributed by atoms with Gasteiger partial charge < -0.3 is 10.2 Å². The zero-order valence-electron chi connectivity index (χ0n) is 19.3. The molecule has 0 aliphatic carbocycles. The van der Waals surface area contributed by atoms with Crippen molar-refractivity contribution in [2.75, 3.05) is 23.3 Å². The molecule has 7 nitrogen and oxygen atoms in total. The standard InChI is InChI=1S/C27H19F3N6O/c28-17-7-9-18(10-8-17)32-27(37)21-14-16(15-31-24(21)35-11-3-12-35)19-5-2-13-36-25(19)33-34-26(36)20-4-1-6-22(29)23(20)30/h1-2,4-10,13-15H,3,11-12H2,(H,32,37). The fraction of sp³-hybridized carbons (Fsp3) is 0.111. The fourth-order valence-corrected chi connectivity index (χ4v) is 4.29. The largest absolute Gasteiger partial charge is 0.356 e. The number of nitrogens with zero attached hydrogens (tertiary/aromatic N) is 5. The lowest BCUT2D eigenvalue weighted by molar-refractivity contribution is 0.102. The fourth-order valence-electron chi connectivity index (χ4n) is 4.29. The number of fused-ring (bicyclic) bond motifs is 1. The average molecular weight is 500 g/mol. The van der Waals surface area contributed by atoms with Gasteiger partial charge in [-0.25, -0.2) is 18.2 Å². The minimum atomic E-state index is -1.01. The number of rotatable bonds is 5. The Hall–Kier alpha value is -4.73. The molecule has 6 rings (SSSR count). The zero-order valence-corrected chi connectivity index (χ0v) is 19.3. The van der Waals surface area contributed by atoms with Gasteiger partial charge in [-0.05, 0) is 61.0 Å². The highest BCUT2D eigenvalue weighted by atomic mass is 19.2. The number of halogens is 3. The number of aromatic nitrogens is 4. The monoisotopic (exact) mass is 500 g/mol. The molecule has 1 aliphatic heterocycles. The summed E-state index contributed by atoms with van der Waals surface area (Å²) < 4.78 is 43.2. The minimum absolute atomic E-state index is 0.0183. The van der Waals surface area contributed by atoms with E-state index < -0.39 is 23.4 Å². The number of nitrogens with one attached hydrogen (secondary N) is 1. The Morgan fingerprint density at radius 1 is 0.919 bits per heavy atom. The van der Waals surface area contributed by atoms with Gasteiger partial charge in [0, 0.05) is 42.3 Å². The number of benzene rings is 2. The maximum atomic E-state index is 14.5. The molecule has 0 unspecified atom stereocenters. The molecule has 0 radical (unpaired) electrons. The Labute approximate surface area is 209 Å². The third-order valence-corrected chi connectivity index (χ3v) is 6.31. The van der Waals surface area contributed by atoms with E-state index in [9.17, 15) is 18.0 Å². The van der Waals surface area contributed by atoms with Crippen LogP contribution in [-0.4, -0.2) is 38.6 Å². The van der Waals surface area contributed by atoms with E-state index in [2.05, 4.69) is 20.5 Å². The number of hydrogen-bond donors (Lipinski definition) is 1. The summed E-state index contributed by atoms with van der Waals surface area (Å²) in [5, 5.41) is 11.1. The second-order valence-electron chi connectivity index (χ2n) is 8.64. The zero-order chi connectivity index (χ0) is 25.5. The summed E-state index contributed by atoms with van der Waals surface area (Å²) in [4.78, 5) is 19.9. The molecule has 184 valence electrons. The van der Waals surface area contributed by atoms with Crippen LogP contribution in [0.5, 0.6) is 0 Å². The summed E-state index contributed by atoms with van der Waals surface area (Å²) in [5.74, 6) is -2.09. The highest BCUT2D eigenvalue weighted by Crippen LogP contribution is 2.32. The first-order valence-corrected chi connectivity index (χ1v) is 11.6. The Morgan fingerprint density at radius 3 is 2.46 bits per heavy atom. The highest BCUT2D eigenvalue weighted by Gasteiger charge is 2.24. The molecule has 1 aliphatic rings. The minimum Gasteiger partial charge on any atom is -0.356 e. The molecule has 1 saturated heterocycles. The van der Waals surface area contributed by atoms with Crippen molar-refractivity contribution in [3.05, 3.63) is 96.1 Å². The SMILES string of the molecule is O=C(Nc1ccc(F)cc1)c1cc(-c2cccn3c(-c4cccc(F)c4F)nnc23)cnc1N1CCC1. The molecule has 1 N–H and O–H groups in total. The molecule has 0 atom stereocenters. The molecule has 5 aromatic rings. The van der Waals surface area contributed by atoms with Gasteiger partial charge in [0.1, 0.15) is 11.6 Å². The van der Waals surface area contributed by atoms with E-state index in [4.69, 9.17) is 0 Å². The summed E-state index contributed by atoms with van der Waals surface area (Å²) >= 11 is 0. The lowest BCUT2D eigenvalue weighted by Gasteiger charge is -2.33. The first-order chi connectivity index (χ1) is 18.0. The Balaban J connectivity index is 1.43. The van der Waals surface area contributed by atoms with Gasteiger partial charge in [-0.2, -0.15) is 0 Å². The molecule has 0 spiro atoms. The van der Waals surface area contributed by atoms with Crippen LogP contribution >= 0.6 is 0 Å². The van der Waals surface area contributed by atoms with Crippen LogP contribution in [0.25, 0.3) is 28.2 Å². The molecule has 2 aromatic carbocycles. The van der Waals surface area contributed by atoms with Crippen molar-refractivity contribution in [2.24, 2.45) is 0 Å². The predicted octanol–water partition coefficient (Wildman–Crippen LogP) is 5.34. The molecule has 1 amide bonds. The number of carbonyl (C=O) groups is 1. The smallest absolute Gasteiger partial charge is 0.259 e. The normalized spacial score (nSPS) is 13.0. The van der Waals surface area contributed by atoms with Crippen LogP contribution < -0.4 is 10.2 Å². The van der Waals surface area contributed by atoms with E-state index >= 15 is 0 Å². The van der Waals surface area contributed by atoms with E-state index in [1.54, 1.807) is 35.0 Å². The predicted molar refractivity (Wildman–Crippen MR) is 133 cm³/mol. The van der Waals surface area contributed by atoms with E-state index in [0.717, 1.165) is 25.6 Å². The van der Waals surface area contributed by atoms with E-state index in [-0.39, 0.29) is 11.4 Å². The second kappa shape index (κ2) is 9.05. The van der Waals surface area contributed by atoms with Crippen LogP contribution in [0.15, 0.2) is 73.1 Å². The molecule has 1 fully saturated rings. The molecule has 10 heteroatoms. The number of anilines is 2. The maximum absolute atomic E-state index is 14.5. The molecule has 4 heterocycles. The van der Waals surface area contributed by atoms with E-state index in [0.29, 0.717) is 33.8 Å². The van der Waals surface area contributed by atoms with Gasteiger partial charge in [-0.15, -0.1) is 10.2 Å². The third-order valence-electron chi connectivity index (χ3n) is 6.31. The number of carbonyl (C=O) groups excluding carboxylic acids is 1. The van der Waals surface area contributed by atoms with Crippen molar-refractivity contribution in [3.8, 4) is 22.5 Å². The maximum Gasteiger partial charge on any atom is 0.259 e. The van der Waals surface area contributed by atoms with Crippen molar-refractivity contribution < 1.29 is 18.0 Å². The van der Waals surface area contributed by atoms with Crippen molar-refractivity contribution in [2.45, 2.75) is 6.42 Å². The van der Waals surface area contributed by atoms with Gasteiger partial charge in [0.05, 0.1) is 11.1 Å². The number of amides is 1. The van der Waals surface area contributed by atoms with Crippen molar-refractivity contribution in [3.63, 3.8) is 0 Å². The van der Waals surface area contributed by atoms with Crippen LogP contribution in [0.2, 0.25) is 0 Å². The second-order valence-corrected chi connectivity index (χ2v) is 8.64. The van der Waals surface area contributed by atoms with Crippen molar-refractivity contribution in [1.29, 1.82) is 0 Å². The van der Waals surface area contributed by atoms with Gasteiger partial charge in [0.15, 0.2) is 23.1 Å². The summed E-state index contributed by atoms with van der Waals surface area (Å²) in [6, 6.07) is 14.6. The van der Waals surface area contributed by atoms with Gasteiger partial charge >= 0.3 is 0 Å². The van der Waals surface area contributed by atoms with Crippen LogP contribution in [0.3, 0.4) is 0 Å². The van der Waals surface area contributed by atoms with E-state index in [1.165, 1.54) is 36.4 Å². The molecule has 0 bridgehead atoms. The quantitative estimate of drug-likeness (QED) is 0.353. The molecule has 37 heavy (non-hydrogen) atoms. The first-order valence-electron chi connectivity index (χ1n) is 11.6. The third kappa shape index (κ3) is 4.06. The topological polar surface area (TPSA) is 75.4 Å². The number of hydrogen-bond acceptors (Lipinski definition) is 5. The summed E-state index contributed by atoms with van der Waals surface area (Å²) in [6.45, 7) is 1.57. The summed E-state index contributed by atoms with van der Waals surface area (Å²) in [7, 11) is 0. The highest BCUT2D eigenvalue weighted by molar-refractivity contribution is 6.08. The Morgan fingerprint density at radius 2 is 1.70 bits per heavy atom. The molecular weight excluding hydrogens is 481 g/mol. The van der Waals surface area contributed by atoms with Gasteiger partial charge in [0.2, 0.25) is 0 Å². The first kappa shape index (κ1) is 22.7. The van der Waals surface area contributed by atoms with Crippen molar-refractivity contribution >= 4 is 23.1 Å². The van der Waals surface area contributed by atoms with Crippen LogP contribution in [0.1, 0.15) is 16.8 Å². The number of pyridine rings is 2. The lowest BCUT2D eigenvalue weighted by atomic mass is 10.0. The van der Waals surface area contributed by atoms with Gasteiger partial charge in [0.25, 0.3) is 5.91 Å². The van der Waals surface area contributed by atoms with Gasteiger partial charge in [-0.3, -0.25) is 9.20 Å². The van der Waals surface area contributed by atoms with E-state index in [1.807, 2.05) is 4.90 Å². The Bertz CT molecular complexity index is 1650. The lowest BCUT2D eigenvalue weighted by Crippen LogP contribution is -2.39. The van der Waals surface area contributed by atoms with Crippen LogP contribution in [-0.2, 0) is 0 Å². The van der Waals surface area contributed by atoms with Crippen LogP contribution in [0.4, 0.5) is 24.7 Å².